The molecule has 17 heavy (non-hydrogen) atoms. The van der Waals surface area contributed by atoms with E-state index in [1.165, 1.54) is 12.1 Å². The quantitative estimate of drug-likeness (QED) is 0.667. The summed E-state index contributed by atoms with van der Waals surface area (Å²) in [5.74, 6) is -0.721. The molecule has 7 heteroatoms. The highest BCUT2D eigenvalue weighted by molar-refractivity contribution is 9.10. The number of non-ortho nitro benzene ring substituents is 1. The molecule has 0 radical (unpaired) electrons. The lowest BCUT2D eigenvalue weighted by Crippen LogP contribution is -2.16. The number of nitro groups is 1. The van der Waals surface area contributed by atoms with Gasteiger partial charge in [-0.05, 0) is 13.0 Å². The second-order valence-corrected chi connectivity index (χ2v) is 4.34. The smallest absolute Gasteiger partial charge is 0.307 e. The number of carboxylic acid groups (broad SMARTS) is 1. The molecule has 0 bridgehead atoms. The number of nitrogens with zero attached hydrogens (tertiary/aromatic N) is 1. The number of nitro benzene ring substituents is 1. The molecule has 1 aromatic rings. The highest BCUT2D eigenvalue weighted by atomic mass is 79.9. The van der Waals surface area contributed by atoms with Gasteiger partial charge in [-0.2, -0.15) is 0 Å². The predicted molar refractivity (Wildman–Crippen MR) is 63.1 cm³/mol. The Morgan fingerprint density at radius 3 is 2.76 bits per heavy atom. The molecule has 1 rings (SSSR count). The molecule has 0 saturated heterocycles. The largest absolute Gasteiger partial charge is 0.490 e. The van der Waals surface area contributed by atoms with Gasteiger partial charge in [0.05, 0.1) is 17.4 Å². The number of carboxylic acids is 1. The summed E-state index contributed by atoms with van der Waals surface area (Å²) in [5, 5.41) is 19.2. The van der Waals surface area contributed by atoms with Gasteiger partial charge < -0.3 is 9.84 Å². The average molecular weight is 304 g/mol. The predicted octanol–water partition coefficient (Wildman–Crippen LogP) is 2.60. The molecular weight excluding hydrogens is 294 g/mol. The lowest BCUT2D eigenvalue weighted by atomic mass is 10.2. The van der Waals surface area contributed by atoms with Crippen LogP contribution in [0.1, 0.15) is 13.3 Å². The number of benzene rings is 1. The van der Waals surface area contributed by atoms with Crippen molar-refractivity contribution < 1.29 is 19.6 Å². The van der Waals surface area contributed by atoms with Crippen molar-refractivity contribution in [1.29, 1.82) is 0 Å². The number of carbonyl (C=O) groups is 1. The molecule has 0 aliphatic carbocycles. The number of halogens is 1. The maximum Gasteiger partial charge on any atom is 0.307 e. The molecule has 0 unspecified atom stereocenters. The van der Waals surface area contributed by atoms with Crippen molar-refractivity contribution in [3.05, 3.63) is 32.8 Å². The van der Waals surface area contributed by atoms with Gasteiger partial charge in [0.1, 0.15) is 11.9 Å². The molecule has 1 aromatic carbocycles. The van der Waals surface area contributed by atoms with E-state index in [9.17, 15) is 14.9 Å². The fraction of sp³-hybridized carbons (Fsp3) is 0.300. The Morgan fingerprint density at radius 2 is 2.24 bits per heavy atom. The van der Waals surface area contributed by atoms with Gasteiger partial charge in [-0.1, -0.05) is 15.9 Å². The topological polar surface area (TPSA) is 89.7 Å². The first kappa shape index (κ1) is 13.4. The summed E-state index contributed by atoms with van der Waals surface area (Å²) < 4.78 is 5.79. The minimum Gasteiger partial charge on any atom is -0.490 e. The standard InChI is InChI=1S/C10H10BrNO5/c1-6(2-10(13)14)17-9-4-7(11)3-8(5-9)12(15)16/h3-6H,2H2,1H3,(H,13,14)/t6-/m0/s1. The van der Waals surface area contributed by atoms with E-state index in [0.29, 0.717) is 4.47 Å². The van der Waals surface area contributed by atoms with Crippen LogP contribution in [0.15, 0.2) is 22.7 Å². The molecule has 1 N–H and O–H groups in total. The van der Waals surface area contributed by atoms with Gasteiger partial charge in [0.25, 0.3) is 5.69 Å². The molecule has 0 heterocycles. The maximum atomic E-state index is 10.6. The monoisotopic (exact) mass is 303 g/mol. The third-order valence-electron chi connectivity index (χ3n) is 1.87. The summed E-state index contributed by atoms with van der Waals surface area (Å²) >= 11 is 3.12. The van der Waals surface area contributed by atoms with Gasteiger partial charge in [-0.3, -0.25) is 14.9 Å². The Labute approximate surface area is 105 Å². The lowest BCUT2D eigenvalue weighted by Gasteiger charge is -2.12. The lowest BCUT2D eigenvalue weighted by molar-refractivity contribution is -0.385. The van der Waals surface area contributed by atoms with E-state index in [4.69, 9.17) is 9.84 Å². The van der Waals surface area contributed by atoms with Crippen molar-refractivity contribution in [3.63, 3.8) is 0 Å². The number of aliphatic carboxylic acids is 1. The van der Waals surface area contributed by atoms with Crippen LogP contribution >= 0.6 is 15.9 Å². The van der Waals surface area contributed by atoms with Gasteiger partial charge in [0, 0.05) is 10.5 Å². The third kappa shape index (κ3) is 4.39. The van der Waals surface area contributed by atoms with E-state index < -0.39 is 17.0 Å². The second-order valence-electron chi connectivity index (χ2n) is 3.43. The van der Waals surface area contributed by atoms with Gasteiger partial charge >= 0.3 is 5.97 Å². The van der Waals surface area contributed by atoms with Crippen LogP contribution in [0.5, 0.6) is 5.75 Å². The van der Waals surface area contributed by atoms with Crippen molar-refractivity contribution in [2.45, 2.75) is 19.4 Å². The number of ether oxygens (including phenoxy) is 1. The zero-order valence-electron chi connectivity index (χ0n) is 8.92. The summed E-state index contributed by atoms with van der Waals surface area (Å²) in [5.41, 5.74) is -0.114. The number of hydrogen-bond acceptors (Lipinski definition) is 4. The molecule has 0 spiro atoms. The zero-order chi connectivity index (χ0) is 13.0. The van der Waals surface area contributed by atoms with Crippen LogP contribution < -0.4 is 4.74 Å². The molecule has 1 atom stereocenters. The van der Waals surface area contributed by atoms with E-state index in [1.807, 2.05) is 0 Å². The molecule has 0 aliphatic rings. The van der Waals surface area contributed by atoms with Crippen LogP contribution in [0.25, 0.3) is 0 Å². The normalized spacial score (nSPS) is 11.9. The summed E-state index contributed by atoms with van der Waals surface area (Å²) in [6.07, 6.45) is -0.721. The van der Waals surface area contributed by atoms with Crippen molar-refractivity contribution in [2.24, 2.45) is 0 Å². The molecule has 0 amide bonds. The van der Waals surface area contributed by atoms with E-state index in [-0.39, 0.29) is 17.9 Å². The Hall–Kier alpha value is -1.63. The first-order valence-electron chi connectivity index (χ1n) is 4.72. The van der Waals surface area contributed by atoms with Gasteiger partial charge in [-0.15, -0.1) is 0 Å². The maximum absolute atomic E-state index is 10.6. The molecule has 0 saturated carbocycles. The third-order valence-corrected chi connectivity index (χ3v) is 2.32. The first-order chi connectivity index (χ1) is 7.88. The zero-order valence-corrected chi connectivity index (χ0v) is 10.5. The summed E-state index contributed by atoms with van der Waals surface area (Å²) in [7, 11) is 0. The molecule has 6 nitrogen and oxygen atoms in total. The van der Waals surface area contributed by atoms with E-state index >= 15 is 0 Å². The van der Waals surface area contributed by atoms with Crippen molar-refractivity contribution in [3.8, 4) is 5.75 Å². The van der Waals surface area contributed by atoms with E-state index in [0.717, 1.165) is 0 Å². The highest BCUT2D eigenvalue weighted by Gasteiger charge is 2.13. The van der Waals surface area contributed by atoms with Gasteiger partial charge in [0.15, 0.2) is 0 Å². The Bertz CT molecular complexity index is 448. The first-order valence-corrected chi connectivity index (χ1v) is 5.51. The van der Waals surface area contributed by atoms with Crippen LogP contribution in [0.4, 0.5) is 5.69 Å². The van der Waals surface area contributed by atoms with Crippen LogP contribution in [0.2, 0.25) is 0 Å². The van der Waals surface area contributed by atoms with Crippen LogP contribution in [0.3, 0.4) is 0 Å². The van der Waals surface area contributed by atoms with Crippen molar-refractivity contribution >= 4 is 27.6 Å². The SMILES string of the molecule is C[C@@H](CC(=O)O)Oc1cc(Br)cc([N+](=O)[O-])c1. The summed E-state index contributed by atoms with van der Waals surface area (Å²) in [6.45, 7) is 1.58. The van der Waals surface area contributed by atoms with Crippen LogP contribution in [-0.2, 0) is 4.79 Å². The molecule has 0 aromatic heterocycles. The number of rotatable bonds is 5. The summed E-state index contributed by atoms with van der Waals surface area (Å²) in [6, 6.07) is 4.14. The molecule has 0 fully saturated rings. The fourth-order valence-corrected chi connectivity index (χ4v) is 1.70. The van der Waals surface area contributed by atoms with Crippen molar-refractivity contribution in [1.82, 2.24) is 0 Å². The average Bonchev–Trinajstić information content (AvgIpc) is 2.14. The minimum absolute atomic E-state index is 0.114. The Morgan fingerprint density at radius 1 is 1.59 bits per heavy atom. The second kappa shape index (κ2) is 5.62. The van der Waals surface area contributed by atoms with Crippen molar-refractivity contribution in [2.75, 3.05) is 0 Å². The van der Waals surface area contributed by atoms with E-state index in [1.54, 1.807) is 13.0 Å². The van der Waals surface area contributed by atoms with E-state index in [2.05, 4.69) is 15.9 Å². The number of hydrogen-bond donors (Lipinski definition) is 1. The molecule has 0 aliphatic heterocycles. The minimum atomic E-state index is -0.984. The Kier molecular flexibility index (Phi) is 4.45. The summed E-state index contributed by atoms with van der Waals surface area (Å²) in [4.78, 5) is 20.5. The molecule has 92 valence electrons. The van der Waals surface area contributed by atoms with Crippen LogP contribution in [0, 0.1) is 10.1 Å². The fourth-order valence-electron chi connectivity index (χ4n) is 1.24. The van der Waals surface area contributed by atoms with Gasteiger partial charge in [-0.25, -0.2) is 0 Å². The molecular formula is C10H10BrNO5. The Balaban J connectivity index is 2.84. The highest BCUT2D eigenvalue weighted by Crippen LogP contribution is 2.27. The van der Waals surface area contributed by atoms with Gasteiger partial charge in [0.2, 0.25) is 0 Å². The van der Waals surface area contributed by atoms with Crippen LogP contribution in [-0.4, -0.2) is 22.1 Å².